The van der Waals surface area contributed by atoms with Crippen molar-refractivity contribution in [3.05, 3.63) is 30.3 Å². The van der Waals surface area contributed by atoms with E-state index < -0.39 is 0 Å². The molecule has 1 aromatic carbocycles. The van der Waals surface area contributed by atoms with Crippen LogP contribution in [-0.4, -0.2) is 43.0 Å². The van der Waals surface area contributed by atoms with Crippen molar-refractivity contribution in [1.29, 1.82) is 0 Å². The molecule has 1 amide bonds. The van der Waals surface area contributed by atoms with Crippen LogP contribution in [0.4, 0.5) is 0 Å². The van der Waals surface area contributed by atoms with Crippen LogP contribution in [0.15, 0.2) is 35.2 Å². The lowest BCUT2D eigenvalue weighted by Crippen LogP contribution is -2.46. The summed E-state index contributed by atoms with van der Waals surface area (Å²) < 4.78 is 5.57. The van der Waals surface area contributed by atoms with Crippen LogP contribution in [-0.2, 0) is 9.53 Å². The van der Waals surface area contributed by atoms with Crippen molar-refractivity contribution >= 4 is 30.1 Å². The first-order valence-corrected chi connectivity index (χ1v) is 9.39. The second-order valence-electron chi connectivity index (χ2n) is 6.51. The summed E-state index contributed by atoms with van der Waals surface area (Å²) in [7, 11) is 0. The smallest absolute Gasteiger partial charge is 0.221 e. The van der Waals surface area contributed by atoms with E-state index in [1.54, 1.807) is 0 Å². The summed E-state index contributed by atoms with van der Waals surface area (Å²) in [6.07, 6.45) is 5.38. The van der Waals surface area contributed by atoms with Crippen molar-refractivity contribution < 1.29 is 9.53 Å². The summed E-state index contributed by atoms with van der Waals surface area (Å²) in [6, 6.07) is 10.7. The van der Waals surface area contributed by atoms with Crippen molar-refractivity contribution in [3.63, 3.8) is 0 Å². The molecule has 0 bridgehead atoms. The lowest BCUT2D eigenvalue weighted by atomic mass is 10.1. The van der Waals surface area contributed by atoms with Crippen molar-refractivity contribution in [3.8, 4) is 0 Å². The summed E-state index contributed by atoms with van der Waals surface area (Å²) in [4.78, 5) is 13.5. The summed E-state index contributed by atoms with van der Waals surface area (Å²) in [6.45, 7) is 2.98. The monoisotopic (exact) mass is 370 g/mol. The molecule has 1 aromatic rings. The van der Waals surface area contributed by atoms with Crippen LogP contribution in [0.1, 0.15) is 32.1 Å². The number of halogens is 1. The average molecular weight is 371 g/mol. The molecule has 6 heteroatoms. The zero-order valence-electron chi connectivity index (χ0n) is 14.0. The molecule has 0 aromatic heterocycles. The average Bonchev–Trinajstić information content (AvgIpc) is 3.04. The molecule has 4 nitrogen and oxygen atoms in total. The molecule has 0 radical (unpaired) electrons. The molecular weight excluding hydrogens is 344 g/mol. The van der Waals surface area contributed by atoms with Crippen molar-refractivity contribution in [2.45, 2.75) is 47.8 Å². The van der Waals surface area contributed by atoms with Crippen LogP contribution in [0.2, 0.25) is 0 Å². The highest BCUT2D eigenvalue weighted by molar-refractivity contribution is 8.00. The van der Waals surface area contributed by atoms with Gasteiger partial charge >= 0.3 is 0 Å². The molecule has 1 saturated carbocycles. The summed E-state index contributed by atoms with van der Waals surface area (Å²) >= 11 is 1.93. The highest BCUT2D eigenvalue weighted by atomic mass is 35.5. The van der Waals surface area contributed by atoms with E-state index >= 15 is 0 Å². The minimum absolute atomic E-state index is 0. The van der Waals surface area contributed by atoms with Crippen LogP contribution < -0.4 is 10.6 Å². The molecular formula is C18H27ClN2O2S. The molecule has 1 unspecified atom stereocenters. The Morgan fingerprint density at radius 1 is 1.29 bits per heavy atom. The maximum absolute atomic E-state index is 12.2. The Labute approximate surface area is 154 Å². The Morgan fingerprint density at radius 3 is 2.71 bits per heavy atom. The van der Waals surface area contributed by atoms with Gasteiger partial charge < -0.3 is 15.4 Å². The number of morpholine rings is 1. The van der Waals surface area contributed by atoms with E-state index in [0.29, 0.717) is 13.0 Å². The predicted octanol–water partition coefficient (Wildman–Crippen LogP) is 3.01. The molecule has 0 spiro atoms. The van der Waals surface area contributed by atoms with Crippen LogP contribution in [0.5, 0.6) is 0 Å². The first-order chi connectivity index (χ1) is 11.3. The standard InChI is InChI=1S/C18H26N2O2S.ClH/c21-17(12-15-13-22-11-10-19-15)20-14-18(8-4-5-9-18)23-16-6-2-1-3-7-16;/h1-3,6-7,15,19H,4-5,8-14H2,(H,20,21);1H. The van der Waals surface area contributed by atoms with Crippen molar-refractivity contribution in [2.24, 2.45) is 0 Å². The van der Waals surface area contributed by atoms with Gasteiger partial charge in [-0.2, -0.15) is 0 Å². The van der Waals surface area contributed by atoms with Gasteiger partial charge in [-0.15, -0.1) is 24.2 Å². The number of hydrogen-bond acceptors (Lipinski definition) is 4. The fourth-order valence-corrected chi connectivity index (χ4v) is 4.81. The molecule has 3 rings (SSSR count). The lowest BCUT2D eigenvalue weighted by Gasteiger charge is -2.29. The number of thioether (sulfide) groups is 1. The van der Waals surface area contributed by atoms with Gasteiger partial charge in [0.15, 0.2) is 0 Å². The van der Waals surface area contributed by atoms with E-state index in [-0.39, 0.29) is 29.1 Å². The zero-order chi connectivity index (χ0) is 16.0. The maximum atomic E-state index is 12.2. The van der Waals surface area contributed by atoms with E-state index in [1.807, 2.05) is 17.8 Å². The van der Waals surface area contributed by atoms with Crippen molar-refractivity contribution in [2.75, 3.05) is 26.3 Å². The Bertz CT molecular complexity index is 503. The molecule has 2 N–H and O–H groups in total. The van der Waals surface area contributed by atoms with Crippen LogP contribution in [0, 0.1) is 0 Å². The number of hydrogen-bond donors (Lipinski definition) is 2. The number of ether oxygens (including phenoxy) is 1. The van der Waals surface area contributed by atoms with E-state index in [4.69, 9.17) is 4.74 Å². The number of carbonyl (C=O) groups excluding carboxylic acids is 1. The largest absolute Gasteiger partial charge is 0.378 e. The van der Waals surface area contributed by atoms with Gasteiger partial charge in [-0.3, -0.25) is 4.79 Å². The van der Waals surface area contributed by atoms with E-state index in [1.165, 1.54) is 30.6 Å². The number of amides is 1. The SMILES string of the molecule is Cl.O=C(CC1COCCN1)NCC1(Sc2ccccc2)CCCC1. The first kappa shape index (κ1) is 19.6. The number of nitrogens with one attached hydrogen (secondary N) is 2. The maximum Gasteiger partial charge on any atom is 0.221 e. The molecule has 24 heavy (non-hydrogen) atoms. The molecule has 1 saturated heterocycles. The molecule has 134 valence electrons. The molecule has 2 fully saturated rings. The summed E-state index contributed by atoms with van der Waals surface area (Å²) in [5.41, 5.74) is 0. The predicted molar refractivity (Wildman–Crippen MR) is 101 cm³/mol. The van der Waals surface area contributed by atoms with Gasteiger partial charge in [-0.05, 0) is 25.0 Å². The van der Waals surface area contributed by atoms with Crippen LogP contribution in [0.3, 0.4) is 0 Å². The van der Waals surface area contributed by atoms with E-state index in [9.17, 15) is 4.79 Å². The number of carbonyl (C=O) groups is 1. The molecule has 1 atom stereocenters. The minimum atomic E-state index is 0. The van der Waals surface area contributed by atoms with E-state index in [2.05, 4.69) is 34.9 Å². The normalized spacial score (nSPS) is 22.6. The van der Waals surface area contributed by atoms with Gasteiger partial charge in [-0.25, -0.2) is 0 Å². The van der Waals surface area contributed by atoms with Crippen molar-refractivity contribution in [1.82, 2.24) is 10.6 Å². The zero-order valence-corrected chi connectivity index (χ0v) is 15.6. The van der Waals surface area contributed by atoms with Gasteiger partial charge in [-0.1, -0.05) is 31.0 Å². The molecule has 1 aliphatic carbocycles. The topological polar surface area (TPSA) is 50.4 Å². The first-order valence-electron chi connectivity index (χ1n) is 8.58. The van der Waals surface area contributed by atoms with Gasteiger partial charge in [0.2, 0.25) is 5.91 Å². The third kappa shape index (κ3) is 5.66. The fourth-order valence-electron chi connectivity index (χ4n) is 3.38. The summed E-state index contributed by atoms with van der Waals surface area (Å²) in [5, 5.41) is 6.51. The third-order valence-corrected chi connectivity index (χ3v) is 6.12. The molecule has 1 aliphatic heterocycles. The fraction of sp³-hybridized carbons (Fsp3) is 0.611. The van der Waals surface area contributed by atoms with Crippen LogP contribution >= 0.6 is 24.2 Å². The van der Waals surface area contributed by atoms with Gasteiger partial charge in [0, 0.05) is 35.2 Å². The second-order valence-corrected chi connectivity index (χ2v) is 8.05. The highest BCUT2D eigenvalue weighted by Crippen LogP contribution is 2.44. The Hall–Kier alpha value is -0.750. The Morgan fingerprint density at radius 2 is 2.04 bits per heavy atom. The van der Waals surface area contributed by atoms with E-state index in [0.717, 1.165) is 19.7 Å². The highest BCUT2D eigenvalue weighted by Gasteiger charge is 2.35. The number of benzene rings is 1. The van der Waals surface area contributed by atoms with Gasteiger partial charge in [0.05, 0.1) is 13.2 Å². The minimum Gasteiger partial charge on any atom is -0.378 e. The second kappa shape index (κ2) is 9.66. The Balaban J connectivity index is 0.00000208. The van der Waals surface area contributed by atoms with Crippen LogP contribution in [0.25, 0.3) is 0 Å². The Kier molecular flexibility index (Phi) is 7.88. The quantitative estimate of drug-likeness (QED) is 0.808. The lowest BCUT2D eigenvalue weighted by molar-refractivity contribution is -0.122. The summed E-state index contributed by atoms with van der Waals surface area (Å²) in [5.74, 6) is 0.132. The molecule has 2 aliphatic rings. The number of rotatable bonds is 6. The third-order valence-electron chi connectivity index (χ3n) is 4.63. The van der Waals surface area contributed by atoms with Gasteiger partial charge in [0.25, 0.3) is 0 Å². The van der Waals surface area contributed by atoms with Gasteiger partial charge in [0.1, 0.15) is 0 Å². The molecule has 1 heterocycles.